The van der Waals surface area contributed by atoms with Gasteiger partial charge in [-0.05, 0) is 32.4 Å². The third kappa shape index (κ3) is 6.99. The number of ether oxygens (including phenoxy) is 2. The Balaban J connectivity index is 1.67. The minimum absolute atomic E-state index is 0.264. The number of nitrogen functional groups attached to an aromatic ring is 1. The van der Waals surface area contributed by atoms with Crippen LogP contribution in [0.4, 0.5) is 5.82 Å². The summed E-state index contributed by atoms with van der Waals surface area (Å²) in [5.74, 6) is 0.191. The van der Waals surface area contributed by atoms with Crippen molar-refractivity contribution in [2.45, 2.75) is 52.3 Å². The molecule has 3 rings (SSSR count). The molecule has 0 bridgehead atoms. The molecule has 0 aliphatic carbocycles. The van der Waals surface area contributed by atoms with Gasteiger partial charge in [-0.15, -0.1) is 0 Å². The van der Waals surface area contributed by atoms with Gasteiger partial charge in [-0.3, -0.25) is 9.36 Å². The molecule has 11 nitrogen and oxygen atoms in total. The van der Waals surface area contributed by atoms with Crippen LogP contribution < -0.4 is 15.3 Å². The van der Waals surface area contributed by atoms with Crippen LogP contribution in [-0.2, 0) is 25.4 Å². The molecule has 0 aliphatic heterocycles. The van der Waals surface area contributed by atoms with Crippen LogP contribution in [0.25, 0.3) is 11.2 Å². The summed E-state index contributed by atoms with van der Waals surface area (Å²) in [6.45, 7) is 6.11. The highest BCUT2D eigenvalue weighted by Gasteiger charge is 2.31. The van der Waals surface area contributed by atoms with Gasteiger partial charge in [0.2, 0.25) is 0 Å². The Hall–Kier alpha value is -3.01. The Morgan fingerprint density at radius 1 is 1.21 bits per heavy atom. The standard InChI is InChI=1S/C22H31N6O5P/c1-4-5-11-31-22(29)17(3)27-34(30,33-18-9-7-6-8-10-18)15-32-16(2)12-28-14-26-19-20(23)24-13-25-21(19)28/h6-10,13-14,16-17H,4-5,11-12,15H2,1-3H3,(H,27,30)(H2,23,24,25)/t16-,17-,34?/m1/s1. The molecular formula is C22H31N6O5P. The third-order valence-corrected chi connectivity index (χ3v) is 6.67. The molecule has 3 atom stereocenters. The fraction of sp³-hybridized carbons (Fsp3) is 0.455. The van der Waals surface area contributed by atoms with Crippen LogP contribution in [0.1, 0.15) is 33.6 Å². The number of benzene rings is 1. The average Bonchev–Trinajstić information content (AvgIpc) is 3.22. The highest BCUT2D eigenvalue weighted by Crippen LogP contribution is 2.44. The van der Waals surface area contributed by atoms with Crippen molar-refractivity contribution >= 4 is 30.5 Å². The molecule has 2 heterocycles. The van der Waals surface area contributed by atoms with Crippen LogP contribution in [0.2, 0.25) is 0 Å². The van der Waals surface area contributed by atoms with Crippen LogP contribution in [0.3, 0.4) is 0 Å². The van der Waals surface area contributed by atoms with Crippen LogP contribution in [-0.4, -0.2) is 50.6 Å². The number of carbonyl (C=O) groups is 1. The van der Waals surface area contributed by atoms with Crippen LogP contribution >= 0.6 is 7.52 Å². The Morgan fingerprint density at radius 2 is 1.97 bits per heavy atom. The first-order valence-electron chi connectivity index (χ1n) is 11.1. The predicted octanol–water partition coefficient (Wildman–Crippen LogP) is 3.36. The lowest BCUT2D eigenvalue weighted by atomic mass is 10.3. The van der Waals surface area contributed by atoms with E-state index in [0.717, 1.165) is 12.8 Å². The van der Waals surface area contributed by atoms with Gasteiger partial charge in [-0.1, -0.05) is 31.5 Å². The van der Waals surface area contributed by atoms with Crippen molar-refractivity contribution in [3.8, 4) is 5.75 Å². The second-order valence-electron chi connectivity index (χ2n) is 7.88. The summed E-state index contributed by atoms with van der Waals surface area (Å²) in [4.78, 5) is 24.7. The number of imidazole rings is 1. The van der Waals surface area contributed by atoms with Gasteiger partial charge in [0, 0.05) is 0 Å². The predicted molar refractivity (Wildman–Crippen MR) is 128 cm³/mol. The number of nitrogens with one attached hydrogen (secondary N) is 1. The van der Waals surface area contributed by atoms with E-state index in [0.29, 0.717) is 35.9 Å². The number of unbranched alkanes of at least 4 members (excludes halogenated alkanes) is 1. The van der Waals surface area contributed by atoms with E-state index in [4.69, 9.17) is 19.7 Å². The minimum atomic E-state index is -3.63. The van der Waals surface area contributed by atoms with Crippen molar-refractivity contribution in [2.75, 3.05) is 18.7 Å². The molecule has 0 aliphatic rings. The van der Waals surface area contributed by atoms with Gasteiger partial charge < -0.3 is 24.3 Å². The van der Waals surface area contributed by atoms with Crippen LogP contribution in [0.5, 0.6) is 5.75 Å². The van der Waals surface area contributed by atoms with E-state index < -0.39 is 19.5 Å². The Kier molecular flexibility index (Phi) is 8.98. The zero-order valence-corrected chi connectivity index (χ0v) is 20.5. The molecular weight excluding hydrogens is 459 g/mol. The Morgan fingerprint density at radius 3 is 2.71 bits per heavy atom. The Labute approximate surface area is 198 Å². The largest absolute Gasteiger partial charge is 0.465 e. The van der Waals surface area contributed by atoms with Gasteiger partial charge in [0.05, 0.1) is 25.6 Å². The zero-order chi connectivity index (χ0) is 24.6. The molecule has 0 fully saturated rings. The molecule has 184 valence electrons. The number of fused-ring (bicyclic) bond motifs is 1. The molecule has 3 aromatic rings. The minimum Gasteiger partial charge on any atom is -0.465 e. The van der Waals surface area contributed by atoms with E-state index in [9.17, 15) is 9.36 Å². The molecule has 1 unspecified atom stereocenters. The smallest absolute Gasteiger partial charge is 0.342 e. The zero-order valence-electron chi connectivity index (χ0n) is 19.6. The highest BCUT2D eigenvalue weighted by atomic mass is 31.2. The normalized spacial score (nSPS) is 14.9. The second kappa shape index (κ2) is 11.9. The van der Waals surface area contributed by atoms with Crippen molar-refractivity contribution in [2.24, 2.45) is 0 Å². The maximum absolute atomic E-state index is 13.7. The maximum atomic E-state index is 13.7. The number of nitrogens with two attached hydrogens (primary N) is 1. The van der Waals surface area contributed by atoms with E-state index >= 15 is 0 Å². The molecule has 0 saturated heterocycles. The summed E-state index contributed by atoms with van der Waals surface area (Å²) in [6, 6.07) is 7.88. The van der Waals surface area contributed by atoms with Crippen molar-refractivity contribution in [1.29, 1.82) is 0 Å². The van der Waals surface area contributed by atoms with E-state index in [2.05, 4.69) is 20.0 Å². The number of rotatable bonds is 13. The van der Waals surface area contributed by atoms with Crippen LogP contribution in [0, 0.1) is 0 Å². The first kappa shape index (κ1) is 25.6. The van der Waals surface area contributed by atoms with Gasteiger partial charge in [0.1, 0.15) is 30.0 Å². The molecule has 2 aromatic heterocycles. The molecule has 0 spiro atoms. The fourth-order valence-electron chi connectivity index (χ4n) is 3.12. The first-order valence-corrected chi connectivity index (χ1v) is 12.9. The van der Waals surface area contributed by atoms with E-state index in [1.807, 2.05) is 19.9 Å². The number of para-hydroxylation sites is 1. The summed E-state index contributed by atoms with van der Waals surface area (Å²) in [6.07, 6.45) is 3.99. The van der Waals surface area contributed by atoms with Crippen molar-refractivity contribution in [3.05, 3.63) is 43.0 Å². The molecule has 0 radical (unpaired) electrons. The molecule has 34 heavy (non-hydrogen) atoms. The average molecular weight is 491 g/mol. The lowest BCUT2D eigenvalue weighted by Crippen LogP contribution is -2.36. The number of esters is 1. The Bertz CT molecular complexity index is 1130. The SMILES string of the molecule is CCCCOC(=O)[C@@H](C)NP(=O)(CO[C@H](C)Cn1cnc2c(N)ncnc21)Oc1ccccc1. The van der Waals surface area contributed by atoms with Gasteiger partial charge in [-0.25, -0.2) is 20.0 Å². The number of aromatic nitrogens is 4. The van der Waals surface area contributed by atoms with Gasteiger partial charge in [-0.2, -0.15) is 0 Å². The summed E-state index contributed by atoms with van der Waals surface area (Å²) >= 11 is 0. The quantitative estimate of drug-likeness (QED) is 0.208. The highest BCUT2D eigenvalue weighted by molar-refractivity contribution is 7.57. The molecule has 1 aromatic carbocycles. The van der Waals surface area contributed by atoms with Gasteiger partial charge >= 0.3 is 13.5 Å². The molecule has 3 N–H and O–H groups in total. The van der Waals surface area contributed by atoms with E-state index in [-0.39, 0.29) is 12.5 Å². The lowest BCUT2D eigenvalue weighted by molar-refractivity contribution is -0.145. The topological polar surface area (TPSA) is 143 Å². The van der Waals surface area contributed by atoms with Gasteiger partial charge in [0.25, 0.3) is 0 Å². The number of hydrogen-bond donors (Lipinski definition) is 2. The number of anilines is 1. The van der Waals surface area contributed by atoms with Crippen LogP contribution in [0.15, 0.2) is 43.0 Å². The van der Waals surface area contributed by atoms with E-state index in [1.54, 1.807) is 42.1 Å². The molecule has 0 amide bonds. The summed E-state index contributed by atoms with van der Waals surface area (Å²) in [5.41, 5.74) is 6.92. The third-order valence-electron chi connectivity index (χ3n) is 4.89. The number of hydrogen-bond acceptors (Lipinski definition) is 9. The first-order chi connectivity index (χ1) is 16.3. The summed E-state index contributed by atoms with van der Waals surface area (Å²) in [7, 11) is -3.63. The van der Waals surface area contributed by atoms with Crippen molar-refractivity contribution < 1.29 is 23.4 Å². The van der Waals surface area contributed by atoms with Crippen molar-refractivity contribution in [3.63, 3.8) is 0 Å². The van der Waals surface area contributed by atoms with Gasteiger partial charge in [0.15, 0.2) is 11.5 Å². The maximum Gasteiger partial charge on any atom is 0.342 e. The number of nitrogens with zero attached hydrogens (tertiary/aromatic N) is 4. The fourth-order valence-corrected chi connectivity index (χ4v) is 4.91. The molecule has 0 saturated carbocycles. The summed E-state index contributed by atoms with van der Waals surface area (Å²) in [5, 5.41) is 2.80. The van der Waals surface area contributed by atoms with E-state index in [1.165, 1.54) is 6.33 Å². The molecule has 12 heteroatoms. The van der Waals surface area contributed by atoms with Crippen molar-refractivity contribution in [1.82, 2.24) is 24.6 Å². The number of carbonyl (C=O) groups excluding carboxylic acids is 1. The lowest BCUT2D eigenvalue weighted by Gasteiger charge is -2.25. The monoisotopic (exact) mass is 490 g/mol. The second-order valence-corrected chi connectivity index (χ2v) is 9.93. The summed E-state index contributed by atoms with van der Waals surface area (Å²) < 4.78 is 32.3.